The minimum absolute atomic E-state index is 0.217. The van der Waals surface area contributed by atoms with Crippen LogP contribution in [0.3, 0.4) is 0 Å². The maximum atomic E-state index is 10.7. The van der Waals surface area contributed by atoms with Gasteiger partial charge in [-0.15, -0.1) is 0 Å². The van der Waals surface area contributed by atoms with E-state index in [4.69, 9.17) is 23.7 Å². The highest BCUT2D eigenvalue weighted by Crippen LogP contribution is 2.10. The lowest BCUT2D eigenvalue weighted by molar-refractivity contribution is -0.139. The summed E-state index contributed by atoms with van der Waals surface area (Å²) in [7, 11) is 0. The third-order valence-electron chi connectivity index (χ3n) is 2.90. The average molecular weight is 338 g/mol. The third kappa shape index (κ3) is 10.8. The molecular weight excluding hydrogens is 312 g/mol. The molecule has 0 aliphatic carbocycles. The lowest BCUT2D eigenvalue weighted by atomic mass is 10.2. The molecule has 0 amide bonds. The Labute approximate surface area is 143 Å². The van der Waals surface area contributed by atoms with Crippen molar-refractivity contribution in [2.24, 2.45) is 0 Å². The smallest absolute Gasteiger partial charge is 0.330 e. The molecule has 6 nitrogen and oxygen atoms in total. The fraction of sp³-hybridized carbons (Fsp3) is 0.500. The SMILES string of the molecule is C=CC(=O)OCCOCCOCCOCCOc1ccc(C)cc1. The number of hydrogen-bond acceptors (Lipinski definition) is 6. The van der Waals surface area contributed by atoms with Crippen LogP contribution in [-0.4, -0.2) is 58.8 Å². The van der Waals surface area contributed by atoms with Gasteiger partial charge in [0, 0.05) is 6.08 Å². The summed E-state index contributed by atoms with van der Waals surface area (Å²) < 4.78 is 26.3. The molecule has 0 atom stereocenters. The standard InChI is InChI=1S/C18H26O6/c1-3-18(19)24-15-13-22-11-9-20-8-10-21-12-14-23-17-6-4-16(2)5-7-17/h3-7H,1,8-15H2,2H3. The molecule has 0 aliphatic heterocycles. The summed E-state index contributed by atoms with van der Waals surface area (Å²) in [5, 5.41) is 0. The van der Waals surface area contributed by atoms with Gasteiger partial charge in [0.25, 0.3) is 0 Å². The molecule has 0 unspecified atom stereocenters. The number of ether oxygens (including phenoxy) is 5. The number of hydrogen-bond donors (Lipinski definition) is 0. The Morgan fingerprint density at radius 1 is 0.875 bits per heavy atom. The molecule has 1 aromatic rings. The van der Waals surface area contributed by atoms with Crippen LogP contribution >= 0.6 is 0 Å². The van der Waals surface area contributed by atoms with Crippen LogP contribution < -0.4 is 4.74 Å². The molecule has 0 N–H and O–H groups in total. The molecule has 0 spiro atoms. The number of rotatable bonds is 14. The van der Waals surface area contributed by atoms with Gasteiger partial charge in [0.15, 0.2) is 0 Å². The van der Waals surface area contributed by atoms with Gasteiger partial charge in [-0.25, -0.2) is 4.79 Å². The van der Waals surface area contributed by atoms with E-state index in [2.05, 4.69) is 6.58 Å². The first-order valence-electron chi connectivity index (χ1n) is 7.94. The van der Waals surface area contributed by atoms with E-state index in [9.17, 15) is 4.79 Å². The first-order valence-corrected chi connectivity index (χ1v) is 7.94. The second kappa shape index (κ2) is 13.5. The predicted octanol–water partition coefficient (Wildman–Crippen LogP) is 2.15. The molecule has 24 heavy (non-hydrogen) atoms. The Morgan fingerprint density at radius 3 is 1.92 bits per heavy atom. The molecule has 6 heteroatoms. The summed E-state index contributed by atoms with van der Waals surface area (Å²) >= 11 is 0. The molecule has 0 saturated carbocycles. The number of esters is 1. The van der Waals surface area contributed by atoms with E-state index in [0.717, 1.165) is 11.8 Å². The summed E-state index contributed by atoms with van der Waals surface area (Å²) in [5.41, 5.74) is 1.21. The van der Waals surface area contributed by atoms with Crippen molar-refractivity contribution in [3.05, 3.63) is 42.5 Å². The summed E-state index contributed by atoms with van der Waals surface area (Å²) in [6.07, 6.45) is 1.12. The quantitative estimate of drug-likeness (QED) is 0.294. The van der Waals surface area contributed by atoms with E-state index in [0.29, 0.717) is 46.2 Å². The van der Waals surface area contributed by atoms with Gasteiger partial charge in [-0.1, -0.05) is 24.3 Å². The predicted molar refractivity (Wildman–Crippen MR) is 90.3 cm³/mol. The molecule has 0 saturated heterocycles. The first kappa shape index (κ1) is 20.2. The van der Waals surface area contributed by atoms with Crippen molar-refractivity contribution in [1.82, 2.24) is 0 Å². The van der Waals surface area contributed by atoms with E-state index in [1.807, 2.05) is 31.2 Å². The van der Waals surface area contributed by atoms with E-state index < -0.39 is 5.97 Å². The van der Waals surface area contributed by atoms with Crippen LogP contribution in [0.4, 0.5) is 0 Å². The van der Waals surface area contributed by atoms with E-state index >= 15 is 0 Å². The molecule has 0 aromatic heterocycles. The van der Waals surface area contributed by atoms with Crippen LogP contribution in [-0.2, 0) is 23.7 Å². The minimum atomic E-state index is -0.446. The largest absolute Gasteiger partial charge is 0.491 e. The average Bonchev–Trinajstić information content (AvgIpc) is 2.60. The Bertz CT molecular complexity index is 457. The van der Waals surface area contributed by atoms with E-state index in [1.54, 1.807) is 0 Å². The molecule has 0 heterocycles. The summed E-state index contributed by atoms with van der Waals surface area (Å²) in [6.45, 7) is 8.85. The third-order valence-corrected chi connectivity index (χ3v) is 2.90. The van der Waals surface area contributed by atoms with Crippen molar-refractivity contribution in [3.8, 4) is 5.75 Å². The Balaban J connectivity index is 1.80. The van der Waals surface area contributed by atoms with Crippen molar-refractivity contribution in [2.75, 3.05) is 52.9 Å². The van der Waals surface area contributed by atoms with Gasteiger partial charge >= 0.3 is 5.97 Å². The molecule has 0 bridgehead atoms. The first-order chi connectivity index (χ1) is 11.7. The molecule has 0 radical (unpaired) electrons. The molecule has 1 rings (SSSR count). The highest BCUT2D eigenvalue weighted by Gasteiger charge is 1.96. The van der Waals surface area contributed by atoms with Crippen molar-refractivity contribution >= 4 is 5.97 Å². The number of carbonyl (C=O) groups is 1. The fourth-order valence-corrected chi connectivity index (χ4v) is 1.65. The van der Waals surface area contributed by atoms with Crippen molar-refractivity contribution in [1.29, 1.82) is 0 Å². The monoisotopic (exact) mass is 338 g/mol. The molecule has 1 aromatic carbocycles. The highest BCUT2D eigenvalue weighted by molar-refractivity contribution is 5.81. The zero-order valence-electron chi connectivity index (χ0n) is 14.2. The van der Waals surface area contributed by atoms with Crippen LogP contribution in [0.1, 0.15) is 5.56 Å². The molecule has 134 valence electrons. The van der Waals surface area contributed by atoms with Crippen molar-refractivity contribution in [2.45, 2.75) is 6.92 Å². The topological polar surface area (TPSA) is 63.2 Å². The maximum absolute atomic E-state index is 10.7. The van der Waals surface area contributed by atoms with Gasteiger partial charge in [0.1, 0.15) is 19.0 Å². The van der Waals surface area contributed by atoms with Crippen LogP contribution in [0, 0.1) is 6.92 Å². The lowest BCUT2D eigenvalue weighted by Crippen LogP contribution is -2.14. The minimum Gasteiger partial charge on any atom is -0.491 e. The number of carbonyl (C=O) groups excluding carboxylic acids is 1. The van der Waals surface area contributed by atoms with Crippen LogP contribution in [0.15, 0.2) is 36.9 Å². The van der Waals surface area contributed by atoms with Crippen LogP contribution in [0.2, 0.25) is 0 Å². The second-order valence-corrected chi connectivity index (χ2v) is 4.87. The van der Waals surface area contributed by atoms with Gasteiger partial charge < -0.3 is 23.7 Å². The van der Waals surface area contributed by atoms with Gasteiger partial charge in [0.2, 0.25) is 0 Å². The van der Waals surface area contributed by atoms with E-state index in [-0.39, 0.29) is 6.61 Å². The molecule has 0 fully saturated rings. The Hall–Kier alpha value is -1.89. The molecule has 0 aliphatic rings. The fourth-order valence-electron chi connectivity index (χ4n) is 1.65. The normalized spacial score (nSPS) is 10.4. The van der Waals surface area contributed by atoms with Crippen LogP contribution in [0.5, 0.6) is 5.75 Å². The van der Waals surface area contributed by atoms with Crippen molar-refractivity contribution in [3.63, 3.8) is 0 Å². The zero-order chi connectivity index (χ0) is 17.5. The van der Waals surface area contributed by atoms with Gasteiger partial charge in [0.05, 0.1) is 39.6 Å². The van der Waals surface area contributed by atoms with Gasteiger partial charge in [-0.3, -0.25) is 0 Å². The zero-order valence-corrected chi connectivity index (χ0v) is 14.2. The number of benzene rings is 1. The summed E-state index contributed by atoms with van der Waals surface area (Å²) in [4.78, 5) is 10.7. The summed E-state index contributed by atoms with van der Waals surface area (Å²) in [6, 6.07) is 7.90. The van der Waals surface area contributed by atoms with Crippen molar-refractivity contribution < 1.29 is 28.5 Å². The number of aryl methyl sites for hydroxylation is 1. The Morgan fingerprint density at radius 2 is 1.38 bits per heavy atom. The van der Waals surface area contributed by atoms with Gasteiger partial charge in [-0.2, -0.15) is 0 Å². The Kier molecular flexibility index (Phi) is 11.4. The highest BCUT2D eigenvalue weighted by atomic mass is 16.6. The van der Waals surface area contributed by atoms with E-state index in [1.165, 1.54) is 5.56 Å². The summed E-state index contributed by atoms with van der Waals surface area (Å²) in [5.74, 6) is 0.398. The maximum Gasteiger partial charge on any atom is 0.330 e. The molecular formula is C18H26O6. The second-order valence-electron chi connectivity index (χ2n) is 4.87. The van der Waals surface area contributed by atoms with Gasteiger partial charge in [-0.05, 0) is 19.1 Å². The lowest BCUT2D eigenvalue weighted by Gasteiger charge is -2.08. The van der Waals surface area contributed by atoms with Crippen LogP contribution in [0.25, 0.3) is 0 Å².